The first-order chi connectivity index (χ1) is 8.66. The van der Waals surface area contributed by atoms with Gasteiger partial charge in [0.05, 0.1) is 4.92 Å². The van der Waals surface area contributed by atoms with Crippen molar-refractivity contribution in [2.24, 2.45) is 0 Å². The molecule has 0 saturated heterocycles. The quantitative estimate of drug-likeness (QED) is 0.662. The highest BCUT2D eigenvalue weighted by molar-refractivity contribution is 7.05. The van der Waals surface area contributed by atoms with Gasteiger partial charge in [0.1, 0.15) is 11.5 Å². The topological polar surface area (TPSA) is 81.0 Å². The van der Waals surface area contributed by atoms with Crippen molar-refractivity contribution in [3.05, 3.63) is 45.1 Å². The molecule has 1 N–H and O–H groups in total. The Morgan fingerprint density at radius 3 is 2.89 bits per heavy atom. The van der Waals surface area contributed by atoms with Gasteiger partial charge in [-0.1, -0.05) is 0 Å². The summed E-state index contributed by atoms with van der Waals surface area (Å²) in [5.41, 5.74) is 0.464. The zero-order chi connectivity index (χ0) is 13.0. The average Bonchev–Trinajstić information content (AvgIpc) is 2.81. The third kappa shape index (κ3) is 3.01. The number of hydrogen-bond acceptors (Lipinski definition) is 6. The molecule has 2 heterocycles. The lowest BCUT2D eigenvalue weighted by atomic mass is 10.3. The monoisotopic (exact) mass is 264 g/mol. The Hall–Kier alpha value is -2.02. The lowest BCUT2D eigenvalue weighted by Crippen LogP contribution is -2.06. The van der Waals surface area contributed by atoms with E-state index in [9.17, 15) is 10.1 Å². The van der Waals surface area contributed by atoms with Crippen molar-refractivity contribution in [1.82, 2.24) is 9.36 Å². The fourth-order valence-corrected chi connectivity index (χ4v) is 2.10. The molecule has 0 aromatic carbocycles. The van der Waals surface area contributed by atoms with Gasteiger partial charge in [-0.05, 0) is 30.6 Å². The molecule has 2 aromatic rings. The Kier molecular flexibility index (Phi) is 3.83. The fraction of sp³-hybridized carbons (Fsp3) is 0.273. The van der Waals surface area contributed by atoms with Crippen LogP contribution in [0.1, 0.15) is 10.6 Å². The molecule has 2 rings (SSSR count). The zero-order valence-electron chi connectivity index (χ0n) is 9.79. The van der Waals surface area contributed by atoms with E-state index in [4.69, 9.17) is 0 Å². The number of rotatable bonds is 5. The molecule has 94 valence electrons. The van der Waals surface area contributed by atoms with Crippen LogP contribution in [0.2, 0.25) is 0 Å². The van der Waals surface area contributed by atoms with E-state index in [0.717, 1.165) is 13.0 Å². The van der Waals surface area contributed by atoms with Crippen LogP contribution in [0.5, 0.6) is 0 Å². The second kappa shape index (κ2) is 5.54. The maximum Gasteiger partial charge on any atom is 0.290 e. The van der Waals surface area contributed by atoms with Gasteiger partial charge in [-0.2, -0.15) is 0 Å². The summed E-state index contributed by atoms with van der Waals surface area (Å²) in [6.07, 6.45) is 2.64. The molecule has 7 heteroatoms. The van der Waals surface area contributed by atoms with E-state index < -0.39 is 4.92 Å². The van der Waals surface area contributed by atoms with Crippen LogP contribution >= 0.6 is 11.5 Å². The number of pyridine rings is 1. The molecule has 6 nitrogen and oxygen atoms in total. The summed E-state index contributed by atoms with van der Waals surface area (Å²) in [7, 11) is 0. The van der Waals surface area contributed by atoms with Crippen molar-refractivity contribution in [3.63, 3.8) is 0 Å². The average molecular weight is 264 g/mol. The number of aromatic nitrogens is 2. The van der Waals surface area contributed by atoms with Crippen molar-refractivity contribution < 1.29 is 4.92 Å². The largest absolute Gasteiger partial charge is 0.370 e. The van der Waals surface area contributed by atoms with Gasteiger partial charge in [0.25, 0.3) is 5.69 Å². The molecule has 0 fully saturated rings. The molecule has 0 unspecified atom stereocenters. The number of nitrogens with zero attached hydrogens (tertiary/aromatic N) is 3. The number of nitrogens with one attached hydrogen (secondary N) is 1. The third-order valence-electron chi connectivity index (χ3n) is 2.42. The first kappa shape index (κ1) is 12.4. The summed E-state index contributed by atoms with van der Waals surface area (Å²) in [6.45, 7) is 2.36. The van der Waals surface area contributed by atoms with Crippen molar-refractivity contribution in [1.29, 1.82) is 0 Å². The SMILES string of the molecule is Cc1nc(NCCc2ccns2)ccc1[N+](=O)[O-]. The molecule has 0 atom stereocenters. The van der Waals surface area contributed by atoms with Crippen LogP contribution in [0.25, 0.3) is 0 Å². The number of aryl methyl sites for hydroxylation is 1. The molecule has 0 saturated carbocycles. The Morgan fingerprint density at radius 2 is 2.28 bits per heavy atom. The molecular formula is C11H12N4O2S. The molecule has 18 heavy (non-hydrogen) atoms. The van der Waals surface area contributed by atoms with Crippen molar-refractivity contribution in [3.8, 4) is 0 Å². The van der Waals surface area contributed by atoms with Crippen LogP contribution in [0.4, 0.5) is 11.5 Å². The summed E-state index contributed by atoms with van der Waals surface area (Å²) < 4.78 is 4.02. The lowest BCUT2D eigenvalue weighted by Gasteiger charge is -2.05. The molecule has 0 radical (unpaired) electrons. The zero-order valence-corrected chi connectivity index (χ0v) is 10.6. The van der Waals surface area contributed by atoms with Gasteiger partial charge in [0.2, 0.25) is 0 Å². The number of anilines is 1. The van der Waals surface area contributed by atoms with E-state index in [1.807, 2.05) is 6.07 Å². The predicted molar refractivity (Wildman–Crippen MR) is 69.9 cm³/mol. The van der Waals surface area contributed by atoms with Gasteiger partial charge in [0.15, 0.2) is 0 Å². The maximum absolute atomic E-state index is 10.6. The fourth-order valence-electron chi connectivity index (χ4n) is 1.53. The van der Waals surface area contributed by atoms with E-state index in [1.54, 1.807) is 19.2 Å². The van der Waals surface area contributed by atoms with E-state index in [1.165, 1.54) is 22.5 Å². The summed E-state index contributed by atoms with van der Waals surface area (Å²) in [5.74, 6) is 0.655. The minimum Gasteiger partial charge on any atom is -0.370 e. The second-order valence-electron chi connectivity index (χ2n) is 3.71. The van der Waals surface area contributed by atoms with Crippen molar-refractivity contribution >= 4 is 23.0 Å². The van der Waals surface area contributed by atoms with Crippen LogP contribution < -0.4 is 5.32 Å². The highest BCUT2D eigenvalue weighted by atomic mass is 32.1. The molecule has 2 aromatic heterocycles. The van der Waals surface area contributed by atoms with Crippen LogP contribution in [0, 0.1) is 17.0 Å². The van der Waals surface area contributed by atoms with Crippen LogP contribution in [0.15, 0.2) is 24.4 Å². The summed E-state index contributed by atoms with van der Waals surface area (Å²) in [5, 5.41) is 13.8. The molecule has 0 aliphatic rings. The Balaban J connectivity index is 1.94. The first-order valence-electron chi connectivity index (χ1n) is 5.42. The number of hydrogen-bond donors (Lipinski definition) is 1. The molecular weight excluding hydrogens is 252 g/mol. The van der Waals surface area contributed by atoms with Crippen molar-refractivity contribution in [2.45, 2.75) is 13.3 Å². The maximum atomic E-state index is 10.6. The predicted octanol–water partition coefficient (Wildman–Crippen LogP) is 2.41. The number of nitro groups is 1. The second-order valence-corrected chi connectivity index (χ2v) is 4.63. The Labute approximate surface area is 108 Å². The van der Waals surface area contributed by atoms with E-state index in [-0.39, 0.29) is 5.69 Å². The first-order valence-corrected chi connectivity index (χ1v) is 6.19. The molecule has 0 amide bonds. The molecule has 0 aliphatic heterocycles. The summed E-state index contributed by atoms with van der Waals surface area (Å²) >= 11 is 1.47. The minimum absolute atomic E-state index is 0.0445. The smallest absolute Gasteiger partial charge is 0.290 e. The van der Waals surface area contributed by atoms with Gasteiger partial charge in [-0.3, -0.25) is 10.1 Å². The van der Waals surface area contributed by atoms with Gasteiger partial charge in [0, 0.05) is 30.1 Å². The van der Waals surface area contributed by atoms with E-state index >= 15 is 0 Å². The molecule has 0 spiro atoms. The summed E-state index contributed by atoms with van der Waals surface area (Å²) in [4.78, 5) is 15.6. The Bertz CT molecular complexity index is 542. The molecule has 0 bridgehead atoms. The highest BCUT2D eigenvalue weighted by Crippen LogP contribution is 2.17. The minimum atomic E-state index is -0.427. The lowest BCUT2D eigenvalue weighted by molar-refractivity contribution is -0.385. The molecule has 0 aliphatic carbocycles. The third-order valence-corrected chi connectivity index (χ3v) is 3.23. The van der Waals surface area contributed by atoms with Crippen LogP contribution in [-0.2, 0) is 6.42 Å². The van der Waals surface area contributed by atoms with Crippen LogP contribution in [-0.4, -0.2) is 20.8 Å². The Morgan fingerprint density at radius 1 is 1.44 bits per heavy atom. The van der Waals surface area contributed by atoms with Gasteiger partial charge in [-0.15, -0.1) is 0 Å². The van der Waals surface area contributed by atoms with Gasteiger partial charge >= 0.3 is 0 Å². The van der Waals surface area contributed by atoms with Crippen LogP contribution in [0.3, 0.4) is 0 Å². The van der Waals surface area contributed by atoms with Gasteiger partial charge < -0.3 is 5.32 Å². The van der Waals surface area contributed by atoms with E-state index in [2.05, 4.69) is 14.7 Å². The normalized spacial score (nSPS) is 10.3. The summed E-state index contributed by atoms with van der Waals surface area (Å²) in [6, 6.07) is 5.07. The van der Waals surface area contributed by atoms with Gasteiger partial charge in [-0.25, -0.2) is 9.36 Å². The highest BCUT2D eigenvalue weighted by Gasteiger charge is 2.11. The standard InChI is InChI=1S/C11H12N4O2S/c1-8-10(15(16)17)2-3-11(14-8)12-6-4-9-5-7-13-18-9/h2-3,5,7H,4,6H2,1H3,(H,12,14). The van der Waals surface area contributed by atoms with E-state index in [0.29, 0.717) is 11.5 Å². The van der Waals surface area contributed by atoms with Crippen molar-refractivity contribution in [2.75, 3.05) is 11.9 Å².